The van der Waals surface area contributed by atoms with Gasteiger partial charge < -0.3 is 9.80 Å². The summed E-state index contributed by atoms with van der Waals surface area (Å²) in [7, 11) is 0. The van der Waals surface area contributed by atoms with E-state index in [4.69, 9.17) is 0 Å². The number of benzene rings is 6. The molecule has 6 rings (SSSR count). The van der Waals surface area contributed by atoms with Gasteiger partial charge in [0.25, 0.3) is 0 Å². The Labute approximate surface area is 274 Å². The van der Waals surface area contributed by atoms with Crippen molar-refractivity contribution in [1.82, 2.24) is 0 Å². The predicted molar refractivity (Wildman–Crippen MR) is 199 cm³/mol. The standard InChI is InChI=1S/C44H42N2/c1-33-30-34(2)32-43(31-33)46(42-28-22-37(23-29-42)44(3,4)5)41-26-20-36(21-27-41)17-16-35-18-24-40(25-19-35)45(38-12-8-6-9-13-38)39-14-10-7-11-15-39/h6-32H,1-5H3/b17-16+. The molecule has 2 heteroatoms. The quantitative estimate of drug-likeness (QED) is 0.161. The van der Waals surface area contributed by atoms with Crippen molar-refractivity contribution >= 4 is 46.3 Å². The molecule has 0 amide bonds. The summed E-state index contributed by atoms with van der Waals surface area (Å²) in [4.78, 5) is 4.63. The molecule has 0 fully saturated rings. The van der Waals surface area contributed by atoms with Crippen LogP contribution in [0.3, 0.4) is 0 Å². The highest BCUT2D eigenvalue weighted by molar-refractivity contribution is 5.80. The van der Waals surface area contributed by atoms with Gasteiger partial charge in [-0.05, 0) is 120 Å². The topological polar surface area (TPSA) is 6.48 Å². The molecular weight excluding hydrogens is 556 g/mol. The second-order valence-electron chi connectivity index (χ2n) is 13.0. The van der Waals surface area contributed by atoms with Gasteiger partial charge in [0, 0.05) is 34.1 Å². The fourth-order valence-corrected chi connectivity index (χ4v) is 5.90. The molecule has 46 heavy (non-hydrogen) atoms. The average Bonchev–Trinajstić information content (AvgIpc) is 3.06. The van der Waals surface area contributed by atoms with Crippen LogP contribution in [0.15, 0.2) is 152 Å². The normalized spacial score (nSPS) is 11.5. The number of hydrogen-bond acceptors (Lipinski definition) is 2. The van der Waals surface area contributed by atoms with Crippen LogP contribution in [0, 0.1) is 13.8 Å². The first-order chi connectivity index (χ1) is 22.2. The molecule has 0 atom stereocenters. The SMILES string of the molecule is Cc1cc(C)cc(N(c2ccc(/C=C/c3ccc(N(c4ccccc4)c4ccccc4)cc3)cc2)c2ccc(C(C)(C)C)cc2)c1. The summed E-state index contributed by atoms with van der Waals surface area (Å²) in [6.45, 7) is 11.1. The summed E-state index contributed by atoms with van der Waals surface area (Å²) in [5, 5.41) is 0. The van der Waals surface area contributed by atoms with Gasteiger partial charge in [-0.2, -0.15) is 0 Å². The Hall–Kier alpha value is -5.34. The summed E-state index contributed by atoms with van der Waals surface area (Å²) in [5.41, 5.74) is 13.1. The fourth-order valence-electron chi connectivity index (χ4n) is 5.90. The van der Waals surface area contributed by atoms with Crippen LogP contribution >= 0.6 is 0 Å². The molecule has 0 aliphatic carbocycles. The number of aryl methyl sites for hydroxylation is 2. The van der Waals surface area contributed by atoms with Gasteiger partial charge in [0.2, 0.25) is 0 Å². The van der Waals surface area contributed by atoms with E-state index in [0.717, 1.165) is 39.6 Å². The van der Waals surface area contributed by atoms with Gasteiger partial charge in [-0.25, -0.2) is 0 Å². The Balaban J connectivity index is 1.25. The minimum absolute atomic E-state index is 0.112. The van der Waals surface area contributed by atoms with Crippen LogP contribution < -0.4 is 9.80 Å². The largest absolute Gasteiger partial charge is 0.311 e. The van der Waals surface area contributed by atoms with E-state index in [0.29, 0.717) is 0 Å². The highest BCUT2D eigenvalue weighted by Crippen LogP contribution is 2.37. The van der Waals surface area contributed by atoms with E-state index in [1.165, 1.54) is 22.4 Å². The van der Waals surface area contributed by atoms with Gasteiger partial charge in [-0.1, -0.05) is 112 Å². The van der Waals surface area contributed by atoms with Crippen molar-refractivity contribution in [3.8, 4) is 0 Å². The van der Waals surface area contributed by atoms with Crippen molar-refractivity contribution in [3.05, 3.63) is 179 Å². The predicted octanol–water partition coefficient (Wildman–Crippen LogP) is 12.7. The fraction of sp³-hybridized carbons (Fsp3) is 0.136. The van der Waals surface area contributed by atoms with Crippen molar-refractivity contribution < 1.29 is 0 Å². The molecule has 0 saturated heterocycles. The summed E-state index contributed by atoms with van der Waals surface area (Å²) in [5.74, 6) is 0. The Bertz CT molecular complexity index is 1840. The lowest BCUT2D eigenvalue weighted by molar-refractivity contribution is 0.590. The van der Waals surface area contributed by atoms with Crippen LogP contribution in [0.2, 0.25) is 0 Å². The van der Waals surface area contributed by atoms with E-state index in [-0.39, 0.29) is 5.41 Å². The van der Waals surface area contributed by atoms with Crippen molar-refractivity contribution in [3.63, 3.8) is 0 Å². The number of hydrogen-bond donors (Lipinski definition) is 0. The molecule has 0 unspecified atom stereocenters. The minimum Gasteiger partial charge on any atom is -0.311 e. The lowest BCUT2D eigenvalue weighted by Crippen LogP contribution is -2.13. The molecule has 0 spiro atoms. The molecule has 0 heterocycles. The van der Waals surface area contributed by atoms with Crippen LogP contribution in [0.5, 0.6) is 0 Å². The monoisotopic (exact) mass is 598 g/mol. The molecular formula is C44H42N2. The summed E-state index contributed by atoms with van der Waals surface area (Å²) in [6, 6.07) is 54.3. The highest BCUT2D eigenvalue weighted by atomic mass is 15.1. The first-order valence-corrected chi connectivity index (χ1v) is 16.0. The van der Waals surface area contributed by atoms with Crippen molar-refractivity contribution in [2.24, 2.45) is 0 Å². The summed E-state index contributed by atoms with van der Waals surface area (Å²) in [6.07, 6.45) is 4.37. The van der Waals surface area contributed by atoms with Crippen molar-refractivity contribution in [2.75, 3.05) is 9.80 Å². The second-order valence-corrected chi connectivity index (χ2v) is 13.0. The zero-order chi connectivity index (χ0) is 32.1. The Kier molecular flexibility index (Phi) is 8.90. The molecule has 2 nitrogen and oxygen atoms in total. The Morgan fingerprint density at radius 2 is 0.739 bits per heavy atom. The number of rotatable bonds is 8. The molecule has 0 saturated carbocycles. The van der Waals surface area contributed by atoms with Gasteiger partial charge in [-0.15, -0.1) is 0 Å². The number of anilines is 6. The lowest BCUT2D eigenvalue weighted by atomic mass is 9.87. The minimum atomic E-state index is 0.112. The van der Waals surface area contributed by atoms with Crippen LogP contribution in [0.1, 0.15) is 48.6 Å². The summed E-state index contributed by atoms with van der Waals surface area (Å²) < 4.78 is 0. The molecule has 228 valence electrons. The van der Waals surface area contributed by atoms with Crippen LogP contribution in [-0.4, -0.2) is 0 Å². The molecule has 0 aliphatic heterocycles. The van der Waals surface area contributed by atoms with Gasteiger partial charge in [0.15, 0.2) is 0 Å². The maximum Gasteiger partial charge on any atom is 0.0466 e. The molecule has 6 aromatic rings. The third kappa shape index (κ3) is 7.14. The van der Waals surface area contributed by atoms with E-state index < -0.39 is 0 Å². The maximum atomic E-state index is 2.35. The first-order valence-electron chi connectivity index (χ1n) is 16.0. The van der Waals surface area contributed by atoms with E-state index in [1.807, 2.05) is 0 Å². The van der Waals surface area contributed by atoms with E-state index >= 15 is 0 Å². The Morgan fingerprint density at radius 3 is 1.13 bits per heavy atom. The summed E-state index contributed by atoms with van der Waals surface area (Å²) >= 11 is 0. The molecule has 0 bridgehead atoms. The van der Waals surface area contributed by atoms with E-state index in [9.17, 15) is 0 Å². The Morgan fingerprint density at radius 1 is 0.391 bits per heavy atom. The van der Waals surface area contributed by atoms with Gasteiger partial charge >= 0.3 is 0 Å². The van der Waals surface area contributed by atoms with Gasteiger partial charge in [0.05, 0.1) is 0 Å². The lowest BCUT2D eigenvalue weighted by Gasteiger charge is -2.27. The van der Waals surface area contributed by atoms with Crippen LogP contribution in [-0.2, 0) is 5.41 Å². The van der Waals surface area contributed by atoms with Gasteiger partial charge in [0.1, 0.15) is 0 Å². The smallest absolute Gasteiger partial charge is 0.0466 e. The molecule has 0 aromatic heterocycles. The zero-order valence-corrected chi connectivity index (χ0v) is 27.5. The molecule has 6 aromatic carbocycles. The highest BCUT2D eigenvalue weighted by Gasteiger charge is 2.17. The van der Waals surface area contributed by atoms with Crippen LogP contribution in [0.25, 0.3) is 12.2 Å². The average molecular weight is 599 g/mol. The second kappa shape index (κ2) is 13.3. The molecule has 0 aliphatic rings. The van der Waals surface area contributed by atoms with Crippen molar-refractivity contribution in [1.29, 1.82) is 0 Å². The molecule has 0 radical (unpaired) electrons. The van der Waals surface area contributed by atoms with Crippen molar-refractivity contribution in [2.45, 2.75) is 40.0 Å². The third-order valence-electron chi connectivity index (χ3n) is 8.26. The van der Waals surface area contributed by atoms with E-state index in [1.54, 1.807) is 0 Å². The maximum absolute atomic E-state index is 2.35. The van der Waals surface area contributed by atoms with Crippen LogP contribution in [0.4, 0.5) is 34.1 Å². The third-order valence-corrected chi connectivity index (χ3v) is 8.26. The first kappa shape index (κ1) is 30.7. The van der Waals surface area contributed by atoms with Gasteiger partial charge in [-0.3, -0.25) is 0 Å². The zero-order valence-electron chi connectivity index (χ0n) is 27.5. The number of nitrogens with zero attached hydrogens (tertiary/aromatic N) is 2. The van der Waals surface area contributed by atoms with E-state index in [2.05, 4.69) is 208 Å². The molecule has 0 N–H and O–H groups in total. The number of para-hydroxylation sites is 2.